The molecule has 3 aromatic rings. The molecule has 174 valence electrons. The van der Waals surface area contributed by atoms with Gasteiger partial charge in [-0.1, -0.05) is 35.9 Å². The fourth-order valence-corrected chi connectivity index (χ4v) is 4.96. The van der Waals surface area contributed by atoms with Gasteiger partial charge in [0, 0.05) is 55.5 Å². The molecule has 1 aromatic heterocycles. The average Bonchev–Trinajstić information content (AvgIpc) is 3.01. The lowest BCUT2D eigenvalue weighted by atomic mass is 9.95. The van der Waals surface area contributed by atoms with Crippen molar-refractivity contribution in [3.63, 3.8) is 0 Å². The lowest BCUT2D eigenvalue weighted by Gasteiger charge is -2.36. The predicted octanol–water partition coefficient (Wildman–Crippen LogP) is 4.30. The summed E-state index contributed by atoms with van der Waals surface area (Å²) in [5.41, 5.74) is 4.88. The van der Waals surface area contributed by atoms with E-state index in [0.29, 0.717) is 24.6 Å². The molecule has 0 saturated carbocycles. The lowest BCUT2D eigenvalue weighted by molar-refractivity contribution is -0.119. The molecule has 6 heteroatoms. The Bertz CT molecular complexity index is 1150. The van der Waals surface area contributed by atoms with Gasteiger partial charge < -0.3 is 14.7 Å². The molecule has 2 amide bonds. The molecule has 0 atom stereocenters. The first-order valence-corrected chi connectivity index (χ1v) is 12.0. The van der Waals surface area contributed by atoms with E-state index in [1.807, 2.05) is 72.7 Å². The number of carbonyl (C=O) groups is 2. The van der Waals surface area contributed by atoms with Gasteiger partial charge in [-0.15, -0.1) is 0 Å². The molecule has 0 spiro atoms. The van der Waals surface area contributed by atoms with Gasteiger partial charge in [0.2, 0.25) is 5.91 Å². The Labute approximate surface area is 200 Å². The molecule has 0 bridgehead atoms. The third kappa shape index (κ3) is 4.67. The average molecular weight is 455 g/mol. The van der Waals surface area contributed by atoms with E-state index in [1.54, 1.807) is 4.90 Å². The molecule has 2 aliphatic rings. The van der Waals surface area contributed by atoms with Crippen molar-refractivity contribution in [2.75, 3.05) is 36.0 Å². The molecule has 0 radical (unpaired) electrons. The van der Waals surface area contributed by atoms with Gasteiger partial charge >= 0.3 is 0 Å². The summed E-state index contributed by atoms with van der Waals surface area (Å²) in [7, 11) is 0. The van der Waals surface area contributed by atoms with Crippen LogP contribution in [-0.2, 0) is 11.3 Å². The normalized spacial score (nSPS) is 16.9. The Kier molecular flexibility index (Phi) is 6.30. The van der Waals surface area contributed by atoms with Crippen LogP contribution in [0.3, 0.4) is 0 Å². The van der Waals surface area contributed by atoms with Gasteiger partial charge in [-0.25, -0.2) is 0 Å². The second-order valence-corrected chi connectivity index (χ2v) is 9.30. The minimum absolute atomic E-state index is 0.0121. The fraction of sp³-hybridized carbons (Fsp3) is 0.321. The van der Waals surface area contributed by atoms with Crippen LogP contribution in [0.25, 0.3) is 0 Å². The van der Waals surface area contributed by atoms with Crippen molar-refractivity contribution in [1.82, 2.24) is 9.88 Å². The molecule has 6 nitrogen and oxygen atoms in total. The summed E-state index contributed by atoms with van der Waals surface area (Å²) in [6, 6.07) is 19.7. The highest BCUT2D eigenvalue weighted by molar-refractivity contribution is 6.01. The molecule has 0 N–H and O–H groups in total. The second kappa shape index (κ2) is 9.67. The van der Waals surface area contributed by atoms with E-state index in [4.69, 9.17) is 0 Å². The summed E-state index contributed by atoms with van der Waals surface area (Å²) in [6.45, 7) is 5.15. The Balaban J connectivity index is 1.31. The molecular weight excluding hydrogens is 424 g/mol. The van der Waals surface area contributed by atoms with Crippen molar-refractivity contribution in [1.29, 1.82) is 0 Å². The zero-order valence-electron chi connectivity index (χ0n) is 19.6. The van der Waals surface area contributed by atoms with E-state index in [9.17, 15) is 9.59 Å². The number of rotatable bonds is 4. The van der Waals surface area contributed by atoms with Crippen LogP contribution in [0.2, 0.25) is 0 Å². The van der Waals surface area contributed by atoms with Gasteiger partial charge in [0.25, 0.3) is 5.91 Å². The van der Waals surface area contributed by atoms with Crippen LogP contribution in [0.5, 0.6) is 0 Å². The van der Waals surface area contributed by atoms with Crippen LogP contribution >= 0.6 is 0 Å². The maximum absolute atomic E-state index is 13.5. The van der Waals surface area contributed by atoms with E-state index in [1.165, 1.54) is 5.69 Å². The predicted molar refractivity (Wildman–Crippen MR) is 134 cm³/mol. The first kappa shape index (κ1) is 22.1. The van der Waals surface area contributed by atoms with Crippen LogP contribution in [0, 0.1) is 12.8 Å². The number of nitrogens with zero attached hydrogens (tertiary/aromatic N) is 4. The maximum atomic E-state index is 13.5. The van der Waals surface area contributed by atoms with Crippen molar-refractivity contribution in [2.45, 2.75) is 26.3 Å². The molecule has 2 aromatic carbocycles. The number of fused-ring (bicyclic) bond motifs is 1. The highest BCUT2D eigenvalue weighted by Gasteiger charge is 2.31. The van der Waals surface area contributed by atoms with Crippen LogP contribution in [0.15, 0.2) is 73.1 Å². The van der Waals surface area contributed by atoms with E-state index in [0.717, 1.165) is 42.7 Å². The summed E-state index contributed by atoms with van der Waals surface area (Å²) >= 11 is 0. The molecule has 2 aliphatic heterocycles. The largest absolute Gasteiger partial charge is 0.371 e. The SMILES string of the molecule is Cc1ccc(C(=O)N2CC(=O)N(CC3CCN(c4ccncc4)CC3)c3ccccc3C2)cc1. The third-order valence-electron chi connectivity index (χ3n) is 6.94. The summed E-state index contributed by atoms with van der Waals surface area (Å²) in [4.78, 5) is 36.8. The molecule has 34 heavy (non-hydrogen) atoms. The zero-order chi connectivity index (χ0) is 23.5. The summed E-state index contributed by atoms with van der Waals surface area (Å²) in [5.74, 6) is 0.312. The first-order valence-electron chi connectivity index (χ1n) is 12.0. The fourth-order valence-electron chi connectivity index (χ4n) is 4.96. The smallest absolute Gasteiger partial charge is 0.254 e. The number of aryl methyl sites for hydroxylation is 1. The standard InChI is InChI=1S/C28H30N4O2/c1-21-6-8-23(9-7-21)28(34)31-19-24-4-2-3-5-26(24)32(27(33)20-31)18-22-12-16-30(17-13-22)25-10-14-29-15-11-25/h2-11,14-15,22H,12-13,16-20H2,1H3. The van der Waals surface area contributed by atoms with Crippen LogP contribution in [0.4, 0.5) is 11.4 Å². The van der Waals surface area contributed by atoms with Crippen LogP contribution < -0.4 is 9.80 Å². The third-order valence-corrected chi connectivity index (χ3v) is 6.94. The summed E-state index contributed by atoms with van der Waals surface area (Å²) < 4.78 is 0. The number of amides is 2. The maximum Gasteiger partial charge on any atom is 0.254 e. The minimum atomic E-state index is -0.101. The number of carbonyl (C=O) groups excluding carboxylic acids is 2. The molecule has 5 rings (SSSR count). The van der Waals surface area contributed by atoms with E-state index < -0.39 is 0 Å². The highest BCUT2D eigenvalue weighted by Crippen LogP contribution is 2.30. The Morgan fingerprint density at radius 2 is 1.65 bits per heavy atom. The Morgan fingerprint density at radius 1 is 0.941 bits per heavy atom. The zero-order valence-corrected chi connectivity index (χ0v) is 19.6. The number of hydrogen-bond donors (Lipinski definition) is 0. The lowest BCUT2D eigenvalue weighted by Crippen LogP contribution is -2.44. The van der Waals surface area contributed by atoms with Crippen molar-refractivity contribution in [2.24, 2.45) is 5.92 Å². The van der Waals surface area contributed by atoms with E-state index in [2.05, 4.69) is 22.0 Å². The number of piperidine rings is 1. The molecule has 0 unspecified atom stereocenters. The van der Waals surface area contributed by atoms with E-state index in [-0.39, 0.29) is 18.4 Å². The number of aromatic nitrogens is 1. The van der Waals surface area contributed by atoms with Crippen molar-refractivity contribution >= 4 is 23.2 Å². The van der Waals surface area contributed by atoms with E-state index >= 15 is 0 Å². The van der Waals surface area contributed by atoms with Gasteiger partial charge in [0.1, 0.15) is 6.54 Å². The topological polar surface area (TPSA) is 56.8 Å². The molecule has 1 fully saturated rings. The Morgan fingerprint density at radius 3 is 2.38 bits per heavy atom. The van der Waals surface area contributed by atoms with Gasteiger partial charge in [-0.05, 0) is 61.6 Å². The molecule has 3 heterocycles. The van der Waals surface area contributed by atoms with Crippen LogP contribution in [-0.4, -0.2) is 47.9 Å². The number of hydrogen-bond acceptors (Lipinski definition) is 4. The monoisotopic (exact) mass is 454 g/mol. The van der Waals surface area contributed by atoms with Gasteiger partial charge in [-0.3, -0.25) is 14.6 Å². The van der Waals surface area contributed by atoms with Crippen molar-refractivity contribution in [3.05, 3.63) is 89.7 Å². The number of benzene rings is 2. The van der Waals surface area contributed by atoms with Crippen molar-refractivity contribution in [3.8, 4) is 0 Å². The quantitative estimate of drug-likeness (QED) is 0.590. The summed E-state index contributed by atoms with van der Waals surface area (Å²) in [6.07, 6.45) is 5.72. The Hall–Kier alpha value is -3.67. The first-order chi connectivity index (χ1) is 16.6. The number of pyridine rings is 1. The van der Waals surface area contributed by atoms with Gasteiger partial charge in [0.15, 0.2) is 0 Å². The highest BCUT2D eigenvalue weighted by atomic mass is 16.2. The van der Waals surface area contributed by atoms with Gasteiger partial charge in [0.05, 0.1) is 0 Å². The number of anilines is 2. The minimum Gasteiger partial charge on any atom is -0.371 e. The molecule has 0 aliphatic carbocycles. The van der Waals surface area contributed by atoms with Crippen LogP contribution in [0.1, 0.15) is 34.3 Å². The number of para-hydroxylation sites is 1. The summed E-state index contributed by atoms with van der Waals surface area (Å²) in [5, 5.41) is 0. The van der Waals surface area contributed by atoms with Gasteiger partial charge in [-0.2, -0.15) is 0 Å². The van der Waals surface area contributed by atoms with Crippen molar-refractivity contribution < 1.29 is 9.59 Å². The molecule has 1 saturated heterocycles. The second-order valence-electron chi connectivity index (χ2n) is 9.30. The molecular formula is C28H30N4O2.